The molecule has 1 heterocycles. The van der Waals surface area contributed by atoms with Crippen molar-refractivity contribution in [1.29, 1.82) is 0 Å². The van der Waals surface area contributed by atoms with E-state index in [0.717, 1.165) is 43.1 Å². The molecule has 0 amide bonds. The lowest BCUT2D eigenvalue weighted by Crippen LogP contribution is -2.21. The first-order chi connectivity index (χ1) is 17.8. The summed E-state index contributed by atoms with van der Waals surface area (Å²) in [7, 11) is -3.79. The summed E-state index contributed by atoms with van der Waals surface area (Å²) in [6.07, 6.45) is 6.34. The van der Waals surface area contributed by atoms with Crippen molar-refractivity contribution in [3.05, 3.63) is 98.4 Å². The maximum atomic E-state index is 13.1. The van der Waals surface area contributed by atoms with Gasteiger partial charge in [0.1, 0.15) is 11.5 Å². The molecule has 192 valence electrons. The van der Waals surface area contributed by atoms with Gasteiger partial charge in [0.2, 0.25) is 0 Å². The molecule has 2 aromatic carbocycles. The third-order valence-corrected chi connectivity index (χ3v) is 7.96. The fourth-order valence-corrected chi connectivity index (χ4v) is 5.88. The van der Waals surface area contributed by atoms with Gasteiger partial charge in [-0.1, -0.05) is 48.9 Å². The molecule has 7 nitrogen and oxygen atoms in total. The quantitative estimate of drug-likeness (QED) is 0.420. The van der Waals surface area contributed by atoms with Crippen LogP contribution in [0.2, 0.25) is 0 Å². The van der Waals surface area contributed by atoms with Crippen LogP contribution < -0.4 is 10.3 Å². The molecule has 8 heteroatoms. The minimum Gasteiger partial charge on any atom is -0.506 e. The van der Waals surface area contributed by atoms with Crippen molar-refractivity contribution >= 4 is 27.6 Å². The van der Waals surface area contributed by atoms with E-state index >= 15 is 0 Å². The highest BCUT2D eigenvalue weighted by Gasteiger charge is 2.39. The van der Waals surface area contributed by atoms with E-state index in [0.29, 0.717) is 24.1 Å². The summed E-state index contributed by atoms with van der Waals surface area (Å²) in [5, 5.41) is 12.3. The summed E-state index contributed by atoms with van der Waals surface area (Å²) in [4.78, 5) is 26.0. The van der Waals surface area contributed by atoms with Crippen LogP contribution in [0.1, 0.15) is 77.3 Å². The molecule has 2 aliphatic carbocycles. The summed E-state index contributed by atoms with van der Waals surface area (Å²) in [6.45, 7) is 0. The number of hydrogen-bond donors (Lipinski definition) is 2. The molecule has 37 heavy (non-hydrogen) atoms. The molecule has 5 rings (SSSR count). The Hall–Kier alpha value is -3.65. The number of carbonyl (C=O) groups excluding carboxylic acids is 1. The van der Waals surface area contributed by atoms with E-state index in [1.807, 2.05) is 18.2 Å². The highest BCUT2D eigenvalue weighted by atomic mass is 32.2. The van der Waals surface area contributed by atoms with Gasteiger partial charge >= 0.3 is 5.63 Å². The van der Waals surface area contributed by atoms with E-state index in [2.05, 4.69) is 4.72 Å². The maximum absolute atomic E-state index is 13.1. The number of rotatable bonds is 7. The third kappa shape index (κ3) is 5.69. The van der Waals surface area contributed by atoms with Gasteiger partial charge in [-0.25, -0.2) is 13.2 Å². The van der Waals surface area contributed by atoms with Crippen molar-refractivity contribution in [3.8, 4) is 5.75 Å². The lowest BCUT2D eigenvalue weighted by Gasteiger charge is -2.21. The number of nitrogens with one attached hydrogen (secondary N) is 1. The number of aryl methyl sites for hydroxylation is 1. The van der Waals surface area contributed by atoms with Crippen LogP contribution in [0.5, 0.6) is 5.75 Å². The van der Waals surface area contributed by atoms with Crippen LogP contribution in [0.3, 0.4) is 0 Å². The smallest absolute Gasteiger partial charge is 0.343 e. The van der Waals surface area contributed by atoms with Gasteiger partial charge in [0.05, 0.1) is 16.5 Å². The van der Waals surface area contributed by atoms with E-state index in [1.54, 1.807) is 36.4 Å². The molecule has 0 radical (unpaired) electrons. The van der Waals surface area contributed by atoms with Crippen LogP contribution in [-0.2, 0) is 16.4 Å². The minimum atomic E-state index is -3.79. The van der Waals surface area contributed by atoms with Crippen LogP contribution in [0.25, 0.3) is 6.08 Å². The number of sulfonamides is 1. The Bertz CT molecular complexity index is 1500. The Labute approximate surface area is 215 Å². The average Bonchev–Trinajstić information content (AvgIpc) is 3.69. The molecule has 0 saturated heterocycles. The normalized spacial score (nSPS) is 17.1. The van der Waals surface area contributed by atoms with Crippen molar-refractivity contribution < 1.29 is 22.7 Å². The molecule has 1 unspecified atom stereocenters. The number of benzene rings is 2. The lowest BCUT2D eigenvalue weighted by molar-refractivity contribution is 0.0968. The van der Waals surface area contributed by atoms with Crippen LogP contribution in [0.15, 0.2) is 69.2 Å². The Morgan fingerprint density at radius 1 is 0.973 bits per heavy atom. The SMILES string of the molecule is O=C1CCCCCc2oc(=O)c(C(c3cccc(NS(=O)(=O)C=Cc4ccccc4)c3)C3CC3)c(O)c21. The second kappa shape index (κ2) is 10.4. The summed E-state index contributed by atoms with van der Waals surface area (Å²) in [6, 6.07) is 15.9. The summed E-state index contributed by atoms with van der Waals surface area (Å²) in [5.74, 6) is -0.660. The summed E-state index contributed by atoms with van der Waals surface area (Å²) < 4.78 is 33.6. The second-order valence-electron chi connectivity index (χ2n) is 9.73. The zero-order chi connectivity index (χ0) is 26.0. The predicted molar refractivity (Wildman–Crippen MR) is 142 cm³/mol. The molecule has 0 bridgehead atoms. The minimum absolute atomic E-state index is 0.0826. The van der Waals surface area contributed by atoms with Crippen molar-refractivity contribution in [2.24, 2.45) is 5.92 Å². The fourth-order valence-electron chi connectivity index (χ4n) is 5.02. The van der Waals surface area contributed by atoms with Gasteiger partial charge in [0, 0.05) is 24.4 Å². The van der Waals surface area contributed by atoms with Crippen molar-refractivity contribution in [2.75, 3.05) is 4.72 Å². The first-order valence-corrected chi connectivity index (χ1v) is 14.1. The van der Waals surface area contributed by atoms with E-state index < -0.39 is 21.6 Å². The number of Topliss-reactive ketones (excluding diaryl/α,β-unsaturated/α-hetero) is 1. The largest absolute Gasteiger partial charge is 0.506 e. The number of aromatic hydroxyl groups is 1. The Morgan fingerprint density at radius 2 is 1.73 bits per heavy atom. The molecule has 1 aromatic heterocycles. The topological polar surface area (TPSA) is 114 Å². The standard InChI is InChI=1S/C29H29NO6S/c31-23-12-5-2-6-13-24-26(23)28(32)27(29(33)36-24)25(20-14-15-20)21-10-7-11-22(18-21)30-37(34,35)17-16-19-8-3-1-4-9-19/h1,3-4,7-11,16-18,20,25,30,32H,2,5-6,12-15H2. The number of anilines is 1. The van der Waals surface area contributed by atoms with E-state index in [-0.39, 0.29) is 34.3 Å². The van der Waals surface area contributed by atoms with Gasteiger partial charge in [-0.3, -0.25) is 9.52 Å². The summed E-state index contributed by atoms with van der Waals surface area (Å²) in [5.41, 5.74) is 1.34. The third-order valence-electron chi connectivity index (χ3n) is 6.94. The monoisotopic (exact) mass is 519 g/mol. The van der Waals surface area contributed by atoms with Crippen LogP contribution >= 0.6 is 0 Å². The average molecular weight is 520 g/mol. The van der Waals surface area contributed by atoms with Crippen molar-refractivity contribution in [1.82, 2.24) is 0 Å². The lowest BCUT2D eigenvalue weighted by atomic mass is 9.85. The van der Waals surface area contributed by atoms with Gasteiger partial charge in [-0.2, -0.15) is 0 Å². The van der Waals surface area contributed by atoms with Crippen LogP contribution in [-0.4, -0.2) is 19.3 Å². The number of carbonyl (C=O) groups is 1. The Balaban J connectivity index is 1.49. The van der Waals surface area contributed by atoms with E-state index in [4.69, 9.17) is 4.42 Å². The highest BCUT2D eigenvalue weighted by Crippen LogP contribution is 2.49. The number of ketones is 1. The van der Waals surface area contributed by atoms with Gasteiger partial charge in [-0.05, 0) is 60.9 Å². The zero-order valence-electron chi connectivity index (χ0n) is 20.4. The molecule has 2 N–H and O–H groups in total. The first-order valence-electron chi connectivity index (χ1n) is 12.6. The van der Waals surface area contributed by atoms with Crippen molar-refractivity contribution in [2.45, 2.75) is 50.9 Å². The van der Waals surface area contributed by atoms with Gasteiger partial charge < -0.3 is 9.52 Å². The van der Waals surface area contributed by atoms with E-state index in [1.165, 1.54) is 6.08 Å². The zero-order valence-corrected chi connectivity index (χ0v) is 21.2. The Kier molecular flexibility index (Phi) is 7.02. The Morgan fingerprint density at radius 3 is 2.49 bits per heavy atom. The predicted octanol–water partition coefficient (Wildman–Crippen LogP) is 5.60. The molecular formula is C29H29NO6S. The molecular weight excluding hydrogens is 490 g/mol. The molecule has 1 saturated carbocycles. The fraction of sp³-hybridized carbons (Fsp3) is 0.310. The first kappa shape index (κ1) is 25.0. The molecule has 1 fully saturated rings. The van der Waals surface area contributed by atoms with Gasteiger partial charge in [0.25, 0.3) is 10.0 Å². The maximum Gasteiger partial charge on any atom is 0.343 e. The van der Waals surface area contributed by atoms with Gasteiger partial charge in [0.15, 0.2) is 5.78 Å². The molecule has 0 aliphatic heterocycles. The second-order valence-corrected chi connectivity index (χ2v) is 11.3. The van der Waals surface area contributed by atoms with Gasteiger partial charge in [-0.15, -0.1) is 0 Å². The molecule has 3 aromatic rings. The van der Waals surface area contributed by atoms with Crippen LogP contribution in [0, 0.1) is 5.92 Å². The van der Waals surface area contributed by atoms with Crippen LogP contribution in [0.4, 0.5) is 5.69 Å². The van der Waals surface area contributed by atoms with E-state index in [9.17, 15) is 23.1 Å². The van der Waals surface area contributed by atoms with Crippen molar-refractivity contribution in [3.63, 3.8) is 0 Å². The number of hydrogen-bond acceptors (Lipinski definition) is 6. The molecule has 0 spiro atoms. The molecule has 1 atom stereocenters. The molecule has 2 aliphatic rings. The highest BCUT2D eigenvalue weighted by molar-refractivity contribution is 7.95. The summed E-state index contributed by atoms with van der Waals surface area (Å²) >= 11 is 0. The number of fused-ring (bicyclic) bond motifs is 1.